The number of hydrogen-bond donors (Lipinski definition) is 3. The number of benzene rings is 1. The Morgan fingerprint density at radius 2 is 2.14 bits per heavy atom. The fourth-order valence-corrected chi connectivity index (χ4v) is 3.54. The van der Waals surface area contributed by atoms with Gasteiger partial charge in [-0.25, -0.2) is 0 Å². The number of nitrogens with two attached hydrogens (primary N) is 1. The van der Waals surface area contributed by atoms with Crippen molar-refractivity contribution in [1.29, 1.82) is 0 Å². The Balaban J connectivity index is 1.78. The summed E-state index contributed by atoms with van der Waals surface area (Å²) < 4.78 is 4.09. The van der Waals surface area contributed by atoms with E-state index in [0.29, 0.717) is 11.6 Å². The molecule has 1 aliphatic carbocycles. The fraction of sp³-hybridized carbons (Fsp3) is 0.333. The van der Waals surface area contributed by atoms with Crippen LogP contribution in [-0.2, 0) is 12.8 Å². The number of amides is 1. The van der Waals surface area contributed by atoms with E-state index >= 15 is 0 Å². The third-order valence-electron chi connectivity index (χ3n) is 3.85. The number of nitrogen functional groups attached to an aromatic ring is 1. The summed E-state index contributed by atoms with van der Waals surface area (Å²) in [5.74, 6) is 0.0954. The van der Waals surface area contributed by atoms with Gasteiger partial charge in [0.1, 0.15) is 10.6 Å². The quantitative estimate of drug-likeness (QED) is 0.810. The zero-order valence-corrected chi connectivity index (χ0v) is 12.7. The molecule has 5 nitrogen and oxygen atoms in total. The van der Waals surface area contributed by atoms with Gasteiger partial charge in [0.05, 0.1) is 0 Å². The molecule has 2 aromatic rings. The van der Waals surface area contributed by atoms with Crippen LogP contribution in [0.15, 0.2) is 24.3 Å². The molecule has 1 aromatic heterocycles. The molecule has 1 aromatic carbocycles. The number of hydrogen-bond acceptors (Lipinski definition) is 5. The van der Waals surface area contributed by atoms with Crippen LogP contribution in [0, 0.1) is 0 Å². The van der Waals surface area contributed by atoms with Crippen molar-refractivity contribution in [2.24, 2.45) is 0 Å². The first-order chi connectivity index (χ1) is 10.2. The molecule has 110 valence electrons. The number of fused-ring (bicyclic) bond motifs is 1. The molecule has 1 amide bonds. The van der Waals surface area contributed by atoms with Gasteiger partial charge < -0.3 is 16.4 Å². The molecule has 1 unspecified atom stereocenters. The second-order valence-corrected chi connectivity index (χ2v) is 5.98. The molecular formula is C15H18N4OS. The molecular weight excluding hydrogens is 284 g/mol. The lowest BCUT2D eigenvalue weighted by molar-refractivity contribution is 0.0965. The monoisotopic (exact) mass is 302 g/mol. The maximum absolute atomic E-state index is 11.9. The van der Waals surface area contributed by atoms with Crippen LogP contribution in [0.2, 0.25) is 0 Å². The molecule has 21 heavy (non-hydrogen) atoms. The lowest BCUT2D eigenvalue weighted by atomic mass is 9.88. The standard InChI is InChI=1S/C15H18N4OS/c1-17-14(20)12-13(16)19-21-15(12)18-11-7-6-9-4-2-3-5-10(9)8-11/h2-5,11,18H,6-8H2,1H3,(H2,16,19)(H,17,20). The minimum atomic E-state index is -0.194. The highest BCUT2D eigenvalue weighted by Gasteiger charge is 2.23. The van der Waals surface area contributed by atoms with Crippen LogP contribution in [0.3, 0.4) is 0 Å². The van der Waals surface area contributed by atoms with Gasteiger partial charge in [-0.1, -0.05) is 24.3 Å². The van der Waals surface area contributed by atoms with E-state index in [0.717, 1.165) is 24.3 Å². The Morgan fingerprint density at radius 3 is 2.90 bits per heavy atom. The Hall–Kier alpha value is -2.08. The van der Waals surface area contributed by atoms with Gasteiger partial charge in [0, 0.05) is 13.1 Å². The molecule has 0 spiro atoms. The number of anilines is 2. The van der Waals surface area contributed by atoms with Crippen LogP contribution in [0.4, 0.5) is 10.8 Å². The smallest absolute Gasteiger partial charge is 0.257 e. The Bertz CT molecular complexity index is 667. The molecule has 0 fully saturated rings. The number of carbonyl (C=O) groups is 1. The minimum Gasteiger partial charge on any atom is -0.382 e. The van der Waals surface area contributed by atoms with Crippen LogP contribution in [0.25, 0.3) is 0 Å². The van der Waals surface area contributed by atoms with Crippen molar-refractivity contribution in [3.05, 3.63) is 41.0 Å². The molecule has 6 heteroatoms. The molecule has 0 radical (unpaired) electrons. The zero-order valence-electron chi connectivity index (χ0n) is 11.8. The average molecular weight is 302 g/mol. The number of nitrogens with zero attached hydrogens (tertiary/aromatic N) is 1. The molecule has 3 rings (SSSR count). The van der Waals surface area contributed by atoms with Gasteiger partial charge in [-0.05, 0) is 41.9 Å². The third kappa shape index (κ3) is 2.71. The minimum absolute atomic E-state index is 0.194. The average Bonchev–Trinajstić information content (AvgIpc) is 2.87. The summed E-state index contributed by atoms with van der Waals surface area (Å²) in [6, 6.07) is 8.82. The van der Waals surface area contributed by atoms with Crippen molar-refractivity contribution in [1.82, 2.24) is 9.69 Å². The van der Waals surface area contributed by atoms with E-state index in [1.54, 1.807) is 7.05 Å². The first kappa shape index (κ1) is 13.9. The van der Waals surface area contributed by atoms with E-state index in [1.807, 2.05) is 0 Å². The highest BCUT2D eigenvalue weighted by atomic mass is 32.1. The van der Waals surface area contributed by atoms with Crippen molar-refractivity contribution >= 4 is 28.3 Å². The zero-order chi connectivity index (χ0) is 14.8. The highest BCUT2D eigenvalue weighted by Crippen LogP contribution is 2.30. The van der Waals surface area contributed by atoms with Gasteiger partial charge in [-0.2, -0.15) is 4.37 Å². The van der Waals surface area contributed by atoms with Crippen molar-refractivity contribution in [2.45, 2.75) is 25.3 Å². The summed E-state index contributed by atoms with van der Waals surface area (Å²) in [6.07, 6.45) is 3.06. The van der Waals surface area contributed by atoms with Crippen LogP contribution in [0.5, 0.6) is 0 Å². The number of aromatic nitrogens is 1. The molecule has 0 bridgehead atoms. The van der Waals surface area contributed by atoms with Crippen molar-refractivity contribution in [3.8, 4) is 0 Å². The van der Waals surface area contributed by atoms with Crippen molar-refractivity contribution in [2.75, 3.05) is 18.1 Å². The fourth-order valence-electron chi connectivity index (χ4n) is 2.75. The topological polar surface area (TPSA) is 80.0 Å². The van der Waals surface area contributed by atoms with Crippen LogP contribution in [-0.4, -0.2) is 23.4 Å². The van der Waals surface area contributed by atoms with Crippen LogP contribution < -0.4 is 16.4 Å². The number of rotatable bonds is 3. The van der Waals surface area contributed by atoms with Gasteiger partial charge in [-0.15, -0.1) is 0 Å². The van der Waals surface area contributed by atoms with Crippen molar-refractivity contribution < 1.29 is 4.79 Å². The summed E-state index contributed by atoms with van der Waals surface area (Å²) >= 11 is 1.25. The second-order valence-electron chi connectivity index (χ2n) is 5.20. The van der Waals surface area contributed by atoms with E-state index in [9.17, 15) is 4.79 Å². The van der Waals surface area contributed by atoms with E-state index in [2.05, 4.69) is 39.3 Å². The Labute approximate surface area is 127 Å². The van der Waals surface area contributed by atoms with Gasteiger partial charge in [0.25, 0.3) is 5.91 Å². The SMILES string of the molecule is CNC(=O)c1c(N)nsc1NC1CCc2ccccc2C1. The van der Waals surface area contributed by atoms with Crippen LogP contribution >= 0.6 is 11.5 Å². The molecule has 4 N–H and O–H groups in total. The summed E-state index contributed by atoms with van der Waals surface area (Å²) in [5, 5.41) is 6.81. The van der Waals surface area contributed by atoms with Gasteiger partial charge in [0.15, 0.2) is 5.82 Å². The summed E-state index contributed by atoms with van der Waals surface area (Å²) in [6.45, 7) is 0. The predicted molar refractivity (Wildman–Crippen MR) is 85.8 cm³/mol. The molecule has 0 saturated heterocycles. The van der Waals surface area contributed by atoms with Gasteiger partial charge in [-0.3, -0.25) is 4.79 Å². The maximum Gasteiger partial charge on any atom is 0.257 e. The largest absolute Gasteiger partial charge is 0.382 e. The molecule has 1 atom stereocenters. The maximum atomic E-state index is 11.9. The molecule has 1 heterocycles. The number of nitrogens with one attached hydrogen (secondary N) is 2. The molecule has 0 aliphatic heterocycles. The summed E-state index contributed by atoms with van der Waals surface area (Å²) in [7, 11) is 1.60. The number of aryl methyl sites for hydroxylation is 1. The van der Waals surface area contributed by atoms with Crippen molar-refractivity contribution in [3.63, 3.8) is 0 Å². The molecule has 1 aliphatic rings. The predicted octanol–water partition coefficient (Wildman–Crippen LogP) is 2.05. The molecule has 0 saturated carbocycles. The third-order valence-corrected chi connectivity index (χ3v) is 4.65. The van der Waals surface area contributed by atoms with E-state index in [4.69, 9.17) is 5.73 Å². The van der Waals surface area contributed by atoms with E-state index in [1.165, 1.54) is 22.7 Å². The summed E-state index contributed by atoms with van der Waals surface area (Å²) in [4.78, 5) is 11.9. The second kappa shape index (κ2) is 5.73. The normalized spacial score (nSPS) is 17.1. The van der Waals surface area contributed by atoms with E-state index < -0.39 is 0 Å². The summed E-state index contributed by atoms with van der Waals surface area (Å²) in [5.41, 5.74) is 9.05. The Kier molecular flexibility index (Phi) is 3.79. The van der Waals surface area contributed by atoms with Gasteiger partial charge in [0.2, 0.25) is 0 Å². The van der Waals surface area contributed by atoms with Crippen LogP contribution in [0.1, 0.15) is 27.9 Å². The lowest BCUT2D eigenvalue weighted by Gasteiger charge is -2.25. The first-order valence-corrected chi connectivity index (χ1v) is 7.77. The number of carbonyl (C=O) groups excluding carboxylic acids is 1. The van der Waals surface area contributed by atoms with Gasteiger partial charge >= 0.3 is 0 Å². The highest BCUT2D eigenvalue weighted by molar-refractivity contribution is 7.11. The van der Waals surface area contributed by atoms with E-state index in [-0.39, 0.29) is 11.7 Å². The first-order valence-electron chi connectivity index (χ1n) is 6.99. The Morgan fingerprint density at radius 1 is 1.38 bits per heavy atom. The lowest BCUT2D eigenvalue weighted by Crippen LogP contribution is -2.28.